The van der Waals surface area contributed by atoms with Gasteiger partial charge in [-0.25, -0.2) is 0 Å². The molecule has 0 saturated carbocycles. The topological polar surface area (TPSA) is 67.4 Å². The van der Waals surface area contributed by atoms with Crippen LogP contribution in [0, 0.1) is 0 Å². The van der Waals surface area contributed by atoms with E-state index in [0.717, 1.165) is 25.1 Å². The van der Waals surface area contributed by atoms with Crippen LogP contribution in [0.1, 0.15) is 18.1 Å². The molecule has 0 fully saturated rings. The van der Waals surface area contributed by atoms with Gasteiger partial charge < -0.3 is 15.4 Å². The van der Waals surface area contributed by atoms with E-state index in [2.05, 4.69) is 31.3 Å². The normalized spacial score (nSPS) is 11.6. The van der Waals surface area contributed by atoms with E-state index in [1.165, 1.54) is 24.3 Å². The molecule has 0 bridgehead atoms. The molecule has 2 amide bonds. The molecule has 2 N–H and O–H groups in total. The van der Waals surface area contributed by atoms with Crippen LogP contribution >= 0.6 is 15.9 Å². The molecule has 0 aliphatic heterocycles. The van der Waals surface area contributed by atoms with Crippen molar-refractivity contribution >= 4 is 45.2 Å². The lowest BCUT2D eigenvalue weighted by Gasteiger charge is -2.15. The molecule has 0 aliphatic rings. The fourth-order valence-corrected chi connectivity index (χ4v) is 2.74. The zero-order valence-electron chi connectivity index (χ0n) is 15.2. The highest BCUT2D eigenvalue weighted by atomic mass is 79.9. The van der Waals surface area contributed by atoms with Crippen LogP contribution in [0.2, 0.25) is 0 Å². The van der Waals surface area contributed by atoms with E-state index < -0.39 is 35.9 Å². The third-order valence-electron chi connectivity index (χ3n) is 3.51. The Labute approximate surface area is 176 Å². The number of ether oxygens (including phenoxy) is 1. The SMILES string of the molecule is CC(=O)Nc1ccc(NC(=O)/C=C/c2cc(Br)ccc2OC(F)F)c(C(F)(F)F)c1. The summed E-state index contributed by atoms with van der Waals surface area (Å²) >= 11 is 3.15. The average molecular weight is 493 g/mol. The van der Waals surface area contributed by atoms with Gasteiger partial charge in [-0.15, -0.1) is 0 Å². The van der Waals surface area contributed by atoms with Gasteiger partial charge in [0.05, 0.1) is 11.3 Å². The lowest BCUT2D eigenvalue weighted by Crippen LogP contribution is -2.16. The summed E-state index contributed by atoms with van der Waals surface area (Å²) in [5, 5.41) is 4.31. The number of alkyl halides is 5. The second-order valence-corrected chi connectivity index (χ2v) is 6.74. The van der Waals surface area contributed by atoms with Crippen LogP contribution in [0.3, 0.4) is 0 Å². The van der Waals surface area contributed by atoms with Crippen molar-refractivity contribution in [3.05, 3.63) is 58.1 Å². The quantitative estimate of drug-likeness (QED) is 0.402. The lowest BCUT2D eigenvalue weighted by molar-refractivity contribution is -0.137. The molecule has 2 aromatic carbocycles. The lowest BCUT2D eigenvalue weighted by atomic mass is 10.1. The molecule has 0 aliphatic carbocycles. The van der Waals surface area contributed by atoms with Gasteiger partial charge in [-0.2, -0.15) is 22.0 Å². The molecule has 0 spiro atoms. The van der Waals surface area contributed by atoms with Crippen molar-refractivity contribution in [2.45, 2.75) is 19.7 Å². The Morgan fingerprint density at radius 1 is 1.10 bits per heavy atom. The first-order valence-electron chi connectivity index (χ1n) is 8.18. The zero-order chi connectivity index (χ0) is 22.5. The van der Waals surface area contributed by atoms with Gasteiger partial charge in [-0.1, -0.05) is 15.9 Å². The number of benzene rings is 2. The Morgan fingerprint density at radius 3 is 2.40 bits per heavy atom. The second kappa shape index (κ2) is 9.70. The van der Waals surface area contributed by atoms with Gasteiger partial charge in [0.1, 0.15) is 5.75 Å². The first-order chi connectivity index (χ1) is 14.0. The van der Waals surface area contributed by atoms with Crippen molar-refractivity contribution in [2.75, 3.05) is 10.6 Å². The van der Waals surface area contributed by atoms with Crippen molar-refractivity contribution in [1.29, 1.82) is 0 Å². The van der Waals surface area contributed by atoms with E-state index in [9.17, 15) is 31.5 Å². The molecule has 2 rings (SSSR count). The molecule has 11 heteroatoms. The van der Waals surface area contributed by atoms with Crippen molar-refractivity contribution < 1.29 is 36.3 Å². The Kier molecular flexibility index (Phi) is 7.54. The highest BCUT2D eigenvalue weighted by Crippen LogP contribution is 2.36. The maximum atomic E-state index is 13.3. The third-order valence-corrected chi connectivity index (χ3v) is 4.00. The monoisotopic (exact) mass is 492 g/mol. The van der Waals surface area contributed by atoms with Gasteiger partial charge in [-0.05, 0) is 42.5 Å². The molecular formula is C19H14BrF5N2O3. The highest BCUT2D eigenvalue weighted by Gasteiger charge is 2.34. The maximum Gasteiger partial charge on any atom is 0.418 e. The van der Waals surface area contributed by atoms with Gasteiger partial charge in [-0.3, -0.25) is 9.59 Å². The molecule has 0 heterocycles. The van der Waals surface area contributed by atoms with Crippen molar-refractivity contribution in [3.63, 3.8) is 0 Å². The molecule has 0 saturated heterocycles. The number of nitrogens with one attached hydrogen (secondary N) is 2. The summed E-state index contributed by atoms with van der Waals surface area (Å²) in [7, 11) is 0. The van der Waals surface area contributed by atoms with Crippen molar-refractivity contribution in [1.82, 2.24) is 0 Å². The number of carbonyl (C=O) groups is 2. The maximum absolute atomic E-state index is 13.3. The highest BCUT2D eigenvalue weighted by molar-refractivity contribution is 9.10. The Balaban J connectivity index is 2.26. The van der Waals surface area contributed by atoms with Crippen LogP contribution in [0.15, 0.2) is 46.9 Å². The molecule has 2 aromatic rings. The smallest absolute Gasteiger partial charge is 0.418 e. The van der Waals surface area contributed by atoms with E-state index in [-0.39, 0.29) is 17.0 Å². The minimum atomic E-state index is -4.80. The summed E-state index contributed by atoms with van der Waals surface area (Å²) in [6.45, 7) is -1.95. The number of amides is 2. The standard InChI is InChI=1S/C19H14BrF5N2O3/c1-10(28)26-13-4-5-15(14(9-13)19(23,24)25)27-17(29)7-2-11-8-12(20)3-6-16(11)30-18(21)22/h2-9,18H,1H3,(H,26,28)(H,27,29)/b7-2+. The zero-order valence-corrected chi connectivity index (χ0v) is 16.8. The summed E-state index contributed by atoms with van der Waals surface area (Å²) in [5.41, 5.74) is -1.69. The van der Waals surface area contributed by atoms with Crippen LogP contribution in [0.25, 0.3) is 6.08 Å². The van der Waals surface area contributed by atoms with Gasteiger partial charge in [0.25, 0.3) is 0 Å². The van der Waals surface area contributed by atoms with Gasteiger partial charge in [0.2, 0.25) is 11.8 Å². The molecule has 0 radical (unpaired) electrons. The van der Waals surface area contributed by atoms with E-state index in [4.69, 9.17) is 0 Å². The summed E-state index contributed by atoms with van der Waals surface area (Å²) < 4.78 is 69.8. The predicted molar refractivity (Wildman–Crippen MR) is 104 cm³/mol. The van der Waals surface area contributed by atoms with Gasteiger partial charge in [0.15, 0.2) is 0 Å². The molecule has 5 nitrogen and oxygen atoms in total. The molecule has 0 aromatic heterocycles. The number of rotatable bonds is 6. The van der Waals surface area contributed by atoms with E-state index in [1.807, 2.05) is 0 Å². The Hall–Kier alpha value is -2.95. The molecule has 160 valence electrons. The average Bonchev–Trinajstić information content (AvgIpc) is 2.61. The minimum absolute atomic E-state index is 0.0914. The number of anilines is 2. The second-order valence-electron chi connectivity index (χ2n) is 5.82. The van der Waals surface area contributed by atoms with Crippen molar-refractivity contribution in [2.24, 2.45) is 0 Å². The fraction of sp³-hybridized carbons (Fsp3) is 0.158. The molecule has 30 heavy (non-hydrogen) atoms. The number of halogens is 6. The van der Waals surface area contributed by atoms with E-state index in [0.29, 0.717) is 10.5 Å². The summed E-state index contributed by atoms with van der Waals surface area (Å²) in [6, 6.07) is 6.95. The van der Waals surface area contributed by atoms with Gasteiger partial charge >= 0.3 is 12.8 Å². The Morgan fingerprint density at radius 2 is 1.80 bits per heavy atom. The summed E-state index contributed by atoms with van der Waals surface area (Å²) in [4.78, 5) is 23.2. The molecular weight excluding hydrogens is 479 g/mol. The van der Waals surface area contributed by atoms with Crippen LogP contribution in [-0.4, -0.2) is 18.4 Å². The largest absolute Gasteiger partial charge is 0.434 e. The molecule has 0 unspecified atom stereocenters. The first-order valence-corrected chi connectivity index (χ1v) is 8.97. The number of carbonyl (C=O) groups excluding carboxylic acids is 2. The fourth-order valence-electron chi connectivity index (χ4n) is 2.36. The third kappa shape index (κ3) is 6.83. The summed E-state index contributed by atoms with van der Waals surface area (Å²) in [6.07, 6.45) is -2.80. The van der Waals surface area contributed by atoms with Crippen molar-refractivity contribution in [3.8, 4) is 5.75 Å². The van der Waals surface area contributed by atoms with Crippen LogP contribution in [-0.2, 0) is 15.8 Å². The first kappa shape index (κ1) is 23.3. The predicted octanol–water partition coefficient (Wildman–Crippen LogP) is 5.68. The Bertz CT molecular complexity index is 977. The van der Waals surface area contributed by atoms with Crippen LogP contribution < -0.4 is 15.4 Å². The van der Waals surface area contributed by atoms with E-state index in [1.54, 1.807) is 0 Å². The number of hydrogen-bond acceptors (Lipinski definition) is 3. The van der Waals surface area contributed by atoms with Crippen LogP contribution in [0.4, 0.5) is 33.3 Å². The van der Waals surface area contributed by atoms with E-state index >= 15 is 0 Å². The van der Waals surface area contributed by atoms with Gasteiger partial charge in [0, 0.05) is 28.7 Å². The minimum Gasteiger partial charge on any atom is -0.434 e. The summed E-state index contributed by atoms with van der Waals surface area (Å²) in [5.74, 6) is -1.71. The molecule has 0 atom stereocenters. The van der Waals surface area contributed by atoms with Crippen LogP contribution in [0.5, 0.6) is 5.75 Å². The number of hydrogen-bond donors (Lipinski definition) is 2.